The maximum atomic E-state index is 12.2. The molecule has 0 aromatic carbocycles. The number of carbonyl (C=O) groups excluding carboxylic acids is 1. The van der Waals surface area contributed by atoms with Gasteiger partial charge in [-0.3, -0.25) is 4.79 Å². The van der Waals surface area contributed by atoms with Crippen molar-refractivity contribution in [3.8, 4) is 0 Å². The van der Waals surface area contributed by atoms with Gasteiger partial charge in [0.2, 0.25) is 5.91 Å². The summed E-state index contributed by atoms with van der Waals surface area (Å²) in [7, 11) is 1.53. The molecule has 0 spiro atoms. The predicted molar refractivity (Wildman–Crippen MR) is 67.2 cm³/mol. The second kappa shape index (κ2) is 4.87. The normalized spacial score (nSPS) is 13.2. The van der Waals surface area contributed by atoms with Crippen molar-refractivity contribution in [2.45, 2.75) is 32.2 Å². The fraction of sp³-hybridized carbons (Fsp3) is 0.500. The lowest BCUT2D eigenvalue weighted by atomic mass is 10.0. The van der Waals surface area contributed by atoms with Crippen LogP contribution < -0.4 is 0 Å². The van der Waals surface area contributed by atoms with Crippen molar-refractivity contribution in [2.24, 2.45) is 0 Å². The van der Waals surface area contributed by atoms with Crippen LogP contribution in [0.15, 0.2) is 17.5 Å². The Morgan fingerprint density at radius 2 is 2.06 bits per heavy atom. The third-order valence-electron chi connectivity index (χ3n) is 3.03. The molecule has 0 aliphatic rings. The van der Waals surface area contributed by atoms with Gasteiger partial charge in [-0.2, -0.15) is 0 Å². The number of carboxylic acid groups (broad SMARTS) is 1. The van der Waals surface area contributed by atoms with Crippen LogP contribution in [-0.2, 0) is 9.59 Å². The highest BCUT2D eigenvalue weighted by Gasteiger charge is 2.37. The Morgan fingerprint density at radius 1 is 1.47 bits per heavy atom. The Balaban J connectivity index is 2.87. The molecule has 1 rings (SSSR count). The number of carbonyl (C=O) groups is 2. The lowest BCUT2D eigenvalue weighted by molar-refractivity contribution is -0.155. The van der Waals surface area contributed by atoms with Crippen LogP contribution in [-0.4, -0.2) is 34.5 Å². The van der Waals surface area contributed by atoms with Gasteiger partial charge < -0.3 is 10.0 Å². The molecule has 94 valence electrons. The molecule has 0 aliphatic carbocycles. The molecule has 17 heavy (non-hydrogen) atoms. The molecule has 0 saturated heterocycles. The molecule has 0 radical (unpaired) electrons. The van der Waals surface area contributed by atoms with Gasteiger partial charge in [0.15, 0.2) is 0 Å². The van der Waals surface area contributed by atoms with E-state index in [2.05, 4.69) is 0 Å². The molecule has 0 bridgehead atoms. The Morgan fingerprint density at radius 3 is 2.47 bits per heavy atom. The molecule has 1 N–H and O–H groups in total. The summed E-state index contributed by atoms with van der Waals surface area (Å²) < 4.78 is 0. The Kier molecular flexibility index (Phi) is 3.93. The van der Waals surface area contributed by atoms with Crippen LogP contribution in [0, 0.1) is 0 Å². The number of hydrogen-bond donors (Lipinski definition) is 1. The summed E-state index contributed by atoms with van der Waals surface area (Å²) in [5, 5.41) is 11.0. The Hall–Kier alpha value is -1.36. The van der Waals surface area contributed by atoms with Gasteiger partial charge >= 0.3 is 5.97 Å². The van der Waals surface area contributed by atoms with Crippen molar-refractivity contribution in [3.63, 3.8) is 0 Å². The highest BCUT2D eigenvalue weighted by atomic mass is 32.1. The lowest BCUT2D eigenvalue weighted by Gasteiger charge is -2.33. The minimum Gasteiger partial charge on any atom is -0.480 e. The monoisotopic (exact) mass is 255 g/mol. The maximum Gasteiger partial charge on any atom is 0.329 e. The van der Waals surface area contributed by atoms with Crippen LogP contribution in [0.3, 0.4) is 0 Å². The molecule has 1 unspecified atom stereocenters. The number of thiophene rings is 1. The number of likely N-dealkylation sites (N-methyl/N-ethyl adjacent to an activating group) is 1. The quantitative estimate of drug-likeness (QED) is 0.897. The molecule has 0 saturated carbocycles. The molecule has 1 aromatic rings. The summed E-state index contributed by atoms with van der Waals surface area (Å²) in [6, 6.07) is 3.76. The van der Waals surface area contributed by atoms with Crippen LogP contribution in [0.4, 0.5) is 0 Å². The summed E-state index contributed by atoms with van der Waals surface area (Å²) in [6.07, 6.45) is 0. The number of nitrogens with zero attached hydrogens (tertiary/aromatic N) is 1. The van der Waals surface area contributed by atoms with Crippen molar-refractivity contribution in [1.29, 1.82) is 0 Å². The van der Waals surface area contributed by atoms with Gasteiger partial charge in [0.05, 0.1) is 5.92 Å². The number of aliphatic carboxylic acids is 1. The SMILES string of the molecule is CC(C(=O)N(C)C(C)(C)C(=O)O)c1cccs1. The zero-order valence-corrected chi connectivity index (χ0v) is 11.2. The first-order valence-corrected chi connectivity index (χ1v) is 6.21. The van der Waals surface area contributed by atoms with Crippen LogP contribution in [0.5, 0.6) is 0 Å². The second-order valence-corrected chi connectivity index (χ2v) is 5.48. The lowest BCUT2D eigenvalue weighted by Crippen LogP contribution is -2.51. The third-order valence-corrected chi connectivity index (χ3v) is 4.09. The highest BCUT2D eigenvalue weighted by molar-refractivity contribution is 7.10. The second-order valence-electron chi connectivity index (χ2n) is 4.50. The zero-order valence-electron chi connectivity index (χ0n) is 10.4. The van der Waals surface area contributed by atoms with Crippen LogP contribution in [0.25, 0.3) is 0 Å². The summed E-state index contributed by atoms with van der Waals surface area (Å²) in [5.41, 5.74) is -1.19. The average Bonchev–Trinajstić information content (AvgIpc) is 2.79. The van der Waals surface area contributed by atoms with E-state index in [9.17, 15) is 9.59 Å². The molecule has 1 atom stereocenters. The number of carboxylic acids is 1. The Bertz CT molecular complexity index is 411. The maximum absolute atomic E-state index is 12.2. The minimum absolute atomic E-state index is 0.181. The van der Waals surface area contributed by atoms with Gasteiger partial charge in [-0.1, -0.05) is 6.07 Å². The van der Waals surface area contributed by atoms with E-state index in [0.717, 1.165) is 4.88 Å². The van der Waals surface area contributed by atoms with Crippen molar-refractivity contribution in [2.75, 3.05) is 7.05 Å². The molecule has 0 aliphatic heterocycles. The molecule has 5 heteroatoms. The van der Waals surface area contributed by atoms with E-state index in [1.807, 2.05) is 17.5 Å². The zero-order chi connectivity index (χ0) is 13.2. The van der Waals surface area contributed by atoms with E-state index < -0.39 is 11.5 Å². The van der Waals surface area contributed by atoms with Crippen molar-refractivity contribution >= 4 is 23.2 Å². The van der Waals surface area contributed by atoms with Gasteiger partial charge in [-0.15, -0.1) is 11.3 Å². The fourth-order valence-corrected chi connectivity index (χ4v) is 2.15. The van der Waals surface area contributed by atoms with Crippen molar-refractivity contribution in [1.82, 2.24) is 4.90 Å². The first-order valence-electron chi connectivity index (χ1n) is 5.33. The first-order chi connectivity index (χ1) is 7.78. The summed E-state index contributed by atoms with van der Waals surface area (Å²) in [6.45, 7) is 4.84. The van der Waals surface area contributed by atoms with Gasteiger partial charge in [-0.05, 0) is 32.2 Å². The molecule has 1 heterocycles. The largest absolute Gasteiger partial charge is 0.480 e. The first kappa shape index (κ1) is 13.7. The minimum atomic E-state index is -1.19. The van der Waals surface area contributed by atoms with Gasteiger partial charge in [0, 0.05) is 11.9 Å². The van der Waals surface area contributed by atoms with Gasteiger partial charge in [0.25, 0.3) is 0 Å². The van der Waals surface area contributed by atoms with E-state index in [1.54, 1.807) is 6.92 Å². The summed E-state index contributed by atoms with van der Waals surface area (Å²) in [5.74, 6) is -1.50. The molecular formula is C12H17NO3S. The molecule has 4 nitrogen and oxygen atoms in total. The average molecular weight is 255 g/mol. The predicted octanol–water partition coefficient (Wildman–Crippen LogP) is 2.17. The van der Waals surface area contributed by atoms with E-state index in [4.69, 9.17) is 5.11 Å². The summed E-state index contributed by atoms with van der Waals surface area (Å²) in [4.78, 5) is 25.5. The fourth-order valence-electron chi connectivity index (χ4n) is 1.37. The molecular weight excluding hydrogens is 238 g/mol. The topological polar surface area (TPSA) is 57.6 Å². The number of rotatable bonds is 4. The smallest absolute Gasteiger partial charge is 0.329 e. The van der Waals surface area contributed by atoms with E-state index in [0.29, 0.717) is 0 Å². The van der Waals surface area contributed by atoms with Gasteiger partial charge in [0.1, 0.15) is 5.54 Å². The van der Waals surface area contributed by atoms with Crippen LogP contribution in [0.1, 0.15) is 31.6 Å². The van der Waals surface area contributed by atoms with Crippen molar-refractivity contribution in [3.05, 3.63) is 22.4 Å². The molecule has 1 amide bonds. The van der Waals surface area contributed by atoms with Crippen molar-refractivity contribution < 1.29 is 14.7 Å². The molecule has 1 aromatic heterocycles. The van der Waals surface area contributed by atoms with Gasteiger partial charge in [-0.25, -0.2) is 4.79 Å². The molecule has 0 fully saturated rings. The summed E-state index contributed by atoms with van der Waals surface area (Å²) >= 11 is 1.50. The van der Waals surface area contributed by atoms with E-state index >= 15 is 0 Å². The number of hydrogen-bond acceptors (Lipinski definition) is 3. The standard InChI is InChI=1S/C12H17NO3S/c1-8(9-6-5-7-17-9)10(14)13(4)12(2,3)11(15)16/h5-8H,1-4H3,(H,15,16). The van der Waals surface area contributed by atoms with Crippen LogP contribution >= 0.6 is 11.3 Å². The number of amides is 1. The third kappa shape index (κ3) is 2.66. The van der Waals surface area contributed by atoms with E-state index in [-0.39, 0.29) is 11.8 Å². The highest BCUT2D eigenvalue weighted by Crippen LogP contribution is 2.25. The van der Waals surface area contributed by atoms with E-state index in [1.165, 1.54) is 37.1 Å². The van der Waals surface area contributed by atoms with Crippen LogP contribution in [0.2, 0.25) is 0 Å². The Labute approximate surface area is 105 Å².